The quantitative estimate of drug-likeness (QED) is 0.718. The molecule has 2 atom stereocenters. The van der Waals surface area contributed by atoms with Gasteiger partial charge in [0.25, 0.3) is 0 Å². The summed E-state index contributed by atoms with van der Waals surface area (Å²) in [4.78, 5) is 13.2. The van der Waals surface area contributed by atoms with Crippen LogP contribution in [0.3, 0.4) is 0 Å². The van der Waals surface area contributed by atoms with Gasteiger partial charge in [0.05, 0.1) is 11.0 Å². The van der Waals surface area contributed by atoms with Crippen molar-refractivity contribution in [2.24, 2.45) is 0 Å². The van der Waals surface area contributed by atoms with Gasteiger partial charge >= 0.3 is 0 Å². The molecule has 0 saturated heterocycles. The number of pyridine rings is 1. The fourth-order valence-electron chi connectivity index (χ4n) is 2.12. The van der Waals surface area contributed by atoms with E-state index in [0.717, 1.165) is 19.3 Å². The zero-order valence-corrected chi connectivity index (χ0v) is 10.6. The molecule has 1 aliphatic carbocycles. The molecule has 7 heteroatoms. The van der Waals surface area contributed by atoms with Gasteiger partial charge in [0.1, 0.15) is 0 Å². The third-order valence-corrected chi connectivity index (χ3v) is 4.55. The topological polar surface area (TPSA) is 99.3 Å². The van der Waals surface area contributed by atoms with Crippen LogP contribution in [-0.2, 0) is 10.0 Å². The third kappa shape index (κ3) is 3.18. The molecular formula is C11H16N2O4S. The Labute approximate surface area is 105 Å². The maximum atomic E-state index is 12.0. The van der Waals surface area contributed by atoms with Gasteiger partial charge in [0.2, 0.25) is 15.6 Å². The number of hydrogen-bond donors (Lipinski definition) is 3. The van der Waals surface area contributed by atoms with Crippen molar-refractivity contribution in [1.29, 1.82) is 0 Å². The van der Waals surface area contributed by atoms with Crippen molar-refractivity contribution in [2.75, 3.05) is 0 Å². The largest absolute Gasteiger partial charge is 0.393 e. The van der Waals surface area contributed by atoms with Crippen LogP contribution in [0.15, 0.2) is 28.0 Å². The SMILES string of the molecule is O=c1ccc(S(=O)(=O)NC2CCCC(O)C2)c[nH]1. The fourth-order valence-corrected chi connectivity index (χ4v) is 3.37. The lowest BCUT2D eigenvalue weighted by Gasteiger charge is -2.26. The summed E-state index contributed by atoms with van der Waals surface area (Å²) >= 11 is 0. The van der Waals surface area contributed by atoms with Gasteiger partial charge in [-0.1, -0.05) is 0 Å². The molecule has 1 heterocycles. The highest BCUT2D eigenvalue weighted by Gasteiger charge is 2.25. The zero-order chi connectivity index (χ0) is 13.2. The number of aromatic nitrogens is 1. The highest BCUT2D eigenvalue weighted by molar-refractivity contribution is 7.89. The van der Waals surface area contributed by atoms with E-state index in [2.05, 4.69) is 9.71 Å². The van der Waals surface area contributed by atoms with Crippen LogP contribution in [0.25, 0.3) is 0 Å². The molecule has 1 fully saturated rings. The van der Waals surface area contributed by atoms with E-state index < -0.39 is 16.1 Å². The molecule has 18 heavy (non-hydrogen) atoms. The van der Waals surface area contributed by atoms with Gasteiger partial charge in [0, 0.05) is 18.3 Å². The molecule has 0 radical (unpaired) electrons. The Morgan fingerprint density at radius 2 is 2.11 bits per heavy atom. The van der Waals surface area contributed by atoms with Gasteiger partial charge in [-0.2, -0.15) is 0 Å². The molecule has 100 valence electrons. The fraction of sp³-hybridized carbons (Fsp3) is 0.545. The summed E-state index contributed by atoms with van der Waals surface area (Å²) < 4.78 is 26.6. The first-order chi connectivity index (χ1) is 8.47. The minimum absolute atomic E-state index is 0.0298. The molecule has 3 N–H and O–H groups in total. The van der Waals surface area contributed by atoms with Crippen LogP contribution in [0.1, 0.15) is 25.7 Å². The average Bonchev–Trinajstić information content (AvgIpc) is 2.29. The number of aliphatic hydroxyl groups excluding tert-OH is 1. The van der Waals surface area contributed by atoms with Gasteiger partial charge in [0.15, 0.2) is 0 Å². The molecule has 0 amide bonds. The summed E-state index contributed by atoms with van der Waals surface area (Å²) in [6, 6.07) is 2.19. The Balaban J connectivity index is 2.11. The lowest BCUT2D eigenvalue weighted by molar-refractivity contribution is 0.117. The van der Waals surface area contributed by atoms with Crippen molar-refractivity contribution in [3.63, 3.8) is 0 Å². The van der Waals surface area contributed by atoms with E-state index in [9.17, 15) is 18.3 Å². The summed E-state index contributed by atoms with van der Waals surface area (Å²) in [5, 5.41) is 9.50. The number of aliphatic hydroxyl groups is 1. The van der Waals surface area contributed by atoms with Gasteiger partial charge in [-0.05, 0) is 31.7 Å². The van der Waals surface area contributed by atoms with Crippen molar-refractivity contribution in [2.45, 2.75) is 42.7 Å². The summed E-state index contributed by atoms with van der Waals surface area (Å²) in [6.07, 6.45) is 3.41. The molecule has 1 aromatic heterocycles. The smallest absolute Gasteiger partial charge is 0.247 e. The first-order valence-corrected chi connectivity index (χ1v) is 7.35. The molecule has 1 aliphatic rings. The van der Waals surface area contributed by atoms with Crippen molar-refractivity contribution in [1.82, 2.24) is 9.71 Å². The van der Waals surface area contributed by atoms with Gasteiger partial charge < -0.3 is 10.1 Å². The predicted octanol–water partition coefficient (Wildman–Crippen LogP) is -0.0433. The van der Waals surface area contributed by atoms with Crippen molar-refractivity contribution >= 4 is 10.0 Å². The van der Waals surface area contributed by atoms with E-state index in [-0.39, 0.29) is 16.5 Å². The second-order valence-corrected chi connectivity index (χ2v) is 6.24. The summed E-state index contributed by atoms with van der Waals surface area (Å²) in [6.45, 7) is 0. The molecule has 0 spiro atoms. The molecule has 6 nitrogen and oxygen atoms in total. The van der Waals surface area contributed by atoms with E-state index in [1.54, 1.807) is 0 Å². The highest BCUT2D eigenvalue weighted by Crippen LogP contribution is 2.20. The second kappa shape index (κ2) is 5.21. The second-order valence-electron chi connectivity index (χ2n) is 4.53. The van der Waals surface area contributed by atoms with Gasteiger partial charge in [-0.15, -0.1) is 0 Å². The van der Waals surface area contributed by atoms with Crippen LogP contribution in [0.5, 0.6) is 0 Å². The molecule has 1 aromatic rings. The Hall–Kier alpha value is -1.18. The van der Waals surface area contributed by atoms with Crippen LogP contribution in [0.4, 0.5) is 0 Å². The molecule has 1 saturated carbocycles. The first kappa shape index (κ1) is 13.3. The van der Waals surface area contributed by atoms with Crippen molar-refractivity contribution in [3.8, 4) is 0 Å². The van der Waals surface area contributed by atoms with E-state index >= 15 is 0 Å². The Morgan fingerprint density at radius 1 is 1.33 bits per heavy atom. The summed E-state index contributed by atoms with van der Waals surface area (Å²) in [5.74, 6) is 0. The minimum Gasteiger partial charge on any atom is -0.393 e. The van der Waals surface area contributed by atoms with E-state index in [4.69, 9.17) is 0 Å². The lowest BCUT2D eigenvalue weighted by atomic mass is 9.94. The Morgan fingerprint density at radius 3 is 2.72 bits per heavy atom. The molecule has 2 rings (SSSR count). The van der Waals surface area contributed by atoms with Crippen molar-refractivity contribution in [3.05, 3.63) is 28.7 Å². The van der Waals surface area contributed by atoms with Gasteiger partial charge in [-0.3, -0.25) is 4.79 Å². The highest BCUT2D eigenvalue weighted by atomic mass is 32.2. The first-order valence-electron chi connectivity index (χ1n) is 5.86. The van der Waals surface area contributed by atoms with Crippen LogP contribution < -0.4 is 10.3 Å². The minimum atomic E-state index is -3.63. The number of hydrogen-bond acceptors (Lipinski definition) is 4. The van der Waals surface area contributed by atoms with Crippen LogP contribution in [0.2, 0.25) is 0 Å². The summed E-state index contributed by atoms with van der Waals surface area (Å²) in [7, 11) is -3.63. The normalized spacial score (nSPS) is 24.9. The predicted molar refractivity (Wildman–Crippen MR) is 65.6 cm³/mol. The molecule has 0 bridgehead atoms. The maximum Gasteiger partial charge on any atom is 0.247 e. The Bertz CT molecular complexity index is 546. The maximum absolute atomic E-state index is 12.0. The van der Waals surface area contributed by atoms with Crippen LogP contribution in [0, 0.1) is 0 Å². The lowest BCUT2D eigenvalue weighted by Crippen LogP contribution is -2.39. The van der Waals surface area contributed by atoms with Gasteiger partial charge in [-0.25, -0.2) is 13.1 Å². The monoisotopic (exact) mass is 272 g/mol. The third-order valence-electron chi connectivity index (χ3n) is 3.03. The number of H-pyrrole nitrogens is 1. The summed E-state index contributed by atoms with van der Waals surface area (Å²) in [5.41, 5.74) is -0.345. The number of nitrogens with one attached hydrogen (secondary N) is 2. The van der Waals surface area contributed by atoms with Crippen LogP contribution in [-0.4, -0.2) is 30.7 Å². The molecule has 0 aromatic carbocycles. The van der Waals surface area contributed by atoms with E-state index in [1.165, 1.54) is 18.3 Å². The zero-order valence-electron chi connectivity index (χ0n) is 9.80. The standard InChI is InChI=1S/C11H16N2O4S/c14-9-3-1-2-8(6-9)13-18(16,17)10-4-5-11(15)12-7-10/h4-5,7-9,13-14H,1-3,6H2,(H,12,15). The van der Waals surface area contributed by atoms with Crippen molar-refractivity contribution < 1.29 is 13.5 Å². The number of rotatable bonds is 3. The molecular weight excluding hydrogens is 256 g/mol. The van der Waals surface area contributed by atoms with E-state index in [1.807, 2.05) is 0 Å². The average molecular weight is 272 g/mol. The number of aromatic amines is 1. The van der Waals surface area contributed by atoms with Crippen LogP contribution >= 0.6 is 0 Å². The number of sulfonamides is 1. The molecule has 0 aliphatic heterocycles. The molecule has 2 unspecified atom stereocenters. The van der Waals surface area contributed by atoms with E-state index in [0.29, 0.717) is 6.42 Å². The Kier molecular flexibility index (Phi) is 3.84.